The summed E-state index contributed by atoms with van der Waals surface area (Å²) < 4.78 is 0. The van der Waals surface area contributed by atoms with Crippen molar-refractivity contribution in [2.45, 2.75) is 6.04 Å². The van der Waals surface area contributed by atoms with Gasteiger partial charge in [0.25, 0.3) is 0 Å². The molecule has 0 aliphatic carbocycles. The van der Waals surface area contributed by atoms with Gasteiger partial charge in [-0.15, -0.1) is 11.3 Å². The summed E-state index contributed by atoms with van der Waals surface area (Å²) in [5.74, 6) is -0.0894. The smallest absolute Gasteiger partial charge is 0.244 e. The van der Waals surface area contributed by atoms with E-state index in [1.54, 1.807) is 28.7 Å². The standard InChI is InChI=1S/C18H15NOS2/c20-17(9-8-14-10-12-21-13-14)19-18(16-7-4-11-22-16)15-5-2-1-3-6-15/h1-13,18H,(H,19,20). The lowest BCUT2D eigenvalue weighted by atomic mass is 10.1. The van der Waals surface area contributed by atoms with E-state index in [0.29, 0.717) is 0 Å². The third-order valence-corrected chi connectivity index (χ3v) is 4.86. The molecule has 0 spiro atoms. The fourth-order valence-electron chi connectivity index (χ4n) is 2.15. The normalized spacial score (nSPS) is 12.4. The first-order valence-electron chi connectivity index (χ1n) is 6.92. The number of thiophene rings is 2. The molecule has 2 heterocycles. The van der Waals surface area contributed by atoms with E-state index in [-0.39, 0.29) is 11.9 Å². The van der Waals surface area contributed by atoms with Crippen LogP contribution in [-0.4, -0.2) is 5.91 Å². The first-order valence-corrected chi connectivity index (χ1v) is 8.74. The summed E-state index contributed by atoms with van der Waals surface area (Å²) in [6, 6.07) is 16.0. The van der Waals surface area contributed by atoms with Gasteiger partial charge in [0.1, 0.15) is 0 Å². The number of hydrogen-bond acceptors (Lipinski definition) is 3. The predicted molar refractivity (Wildman–Crippen MR) is 94.1 cm³/mol. The minimum Gasteiger partial charge on any atom is -0.341 e. The van der Waals surface area contributed by atoms with Gasteiger partial charge in [0.15, 0.2) is 0 Å². The lowest BCUT2D eigenvalue weighted by molar-refractivity contribution is -0.116. The highest BCUT2D eigenvalue weighted by Crippen LogP contribution is 2.25. The molecule has 0 saturated heterocycles. The molecular weight excluding hydrogens is 310 g/mol. The van der Waals surface area contributed by atoms with Crippen LogP contribution in [0.5, 0.6) is 0 Å². The minimum atomic E-state index is -0.110. The number of benzene rings is 1. The molecule has 1 N–H and O–H groups in total. The number of nitrogens with one attached hydrogen (secondary N) is 1. The molecule has 1 amide bonds. The Morgan fingerprint density at radius 2 is 1.91 bits per heavy atom. The molecule has 1 unspecified atom stereocenters. The van der Waals surface area contributed by atoms with E-state index in [1.165, 1.54) is 0 Å². The Balaban J connectivity index is 1.77. The van der Waals surface area contributed by atoms with Crippen LogP contribution in [0.4, 0.5) is 0 Å². The maximum atomic E-state index is 12.2. The van der Waals surface area contributed by atoms with Crippen molar-refractivity contribution in [1.29, 1.82) is 0 Å². The van der Waals surface area contributed by atoms with Gasteiger partial charge in [-0.05, 0) is 45.5 Å². The van der Waals surface area contributed by atoms with Crippen molar-refractivity contribution < 1.29 is 4.79 Å². The highest BCUT2D eigenvalue weighted by atomic mass is 32.1. The zero-order valence-corrected chi connectivity index (χ0v) is 13.4. The molecule has 4 heteroatoms. The van der Waals surface area contributed by atoms with Crippen LogP contribution >= 0.6 is 22.7 Å². The average molecular weight is 325 g/mol. The third kappa shape index (κ3) is 3.72. The second kappa shape index (κ2) is 7.20. The highest BCUT2D eigenvalue weighted by Gasteiger charge is 2.16. The Labute approximate surface area is 137 Å². The van der Waals surface area contributed by atoms with E-state index in [2.05, 4.69) is 5.32 Å². The Bertz CT molecular complexity index is 731. The van der Waals surface area contributed by atoms with E-state index >= 15 is 0 Å². The highest BCUT2D eigenvalue weighted by molar-refractivity contribution is 7.10. The number of rotatable bonds is 5. The summed E-state index contributed by atoms with van der Waals surface area (Å²) in [5.41, 5.74) is 2.13. The summed E-state index contributed by atoms with van der Waals surface area (Å²) in [7, 11) is 0. The van der Waals surface area contributed by atoms with Gasteiger partial charge in [0.05, 0.1) is 6.04 Å². The summed E-state index contributed by atoms with van der Waals surface area (Å²) in [6.07, 6.45) is 3.42. The third-order valence-electron chi connectivity index (χ3n) is 3.22. The second-order valence-corrected chi connectivity index (χ2v) is 6.52. The van der Waals surface area contributed by atoms with Crippen molar-refractivity contribution in [2.24, 2.45) is 0 Å². The fourth-order valence-corrected chi connectivity index (χ4v) is 3.58. The van der Waals surface area contributed by atoms with Crippen LogP contribution in [-0.2, 0) is 4.79 Å². The van der Waals surface area contributed by atoms with E-state index in [1.807, 2.05) is 70.7 Å². The van der Waals surface area contributed by atoms with Gasteiger partial charge in [-0.1, -0.05) is 36.4 Å². The van der Waals surface area contributed by atoms with Gasteiger partial charge in [-0.2, -0.15) is 11.3 Å². The summed E-state index contributed by atoms with van der Waals surface area (Å²) >= 11 is 3.27. The number of amides is 1. The molecule has 0 fully saturated rings. The van der Waals surface area contributed by atoms with Crippen molar-refractivity contribution in [2.75, 3.05) is 0 Å². The fraction of sp³-hybridized carbons (Fsp3) is 0.0556. The van der Waals surface area contributed by atoms with Crippen LogP contribution in [0.1, 0.15) is 22.0 Å². The molecule has 0 aliphatic rings. The van der Waals surface area contributed by atoms with Crippen LogP contribution in [0.2, 0.25) is 0 Å². The van der Waals surface area contributed by atoms with Crippen molar-refractivity contribution in [3.8, 4) is 0 Å². The van der Waals surface area contributed by atoms with E-state index < -0.39 is 0 Å². The maximum Gasteiger partial charge on any atom is 0.244 e. The molecule has 0 bridgehead atoms. The van der Waals surface area contributed by atoms with Crippen LogP contribution in [0.3, 0.4) is 0 Å². The van der Waals surface area contributed by atoms with Gasteiger partial charge in [0, 0.05) is 11.0 Å². The minimum absolute atomic E-state index is 0.0894. The van der Waals surface area contributed by atoms with Gasteiger partial charge in [-0.3, -0.25) is 4.79 Å². The molecule has 22 heavy (non-hydrogen) atoms. The monoisotopic (exact) mass is 325 g/mol. The van der Waals surface area contributed by atoms with Crippen LogP contribution < -0.4 is 5.32 Å². The molecule has 0 saturated carbocycles. The van der Waals surface area contributed by atoms with Gasteiger partial charge in [0.2, 0.25) is 5.91 Å². The Morgan fingerprint density at radius 1 is 1.05 bits per heavy atom. The zero-order valence-electron chi connectivity index (χ0n) is 11.8. The SMILES string of the molecule is O=C(C=Cc1ccsc1)NC(c1ccccc1)c1cccs1. The van der Waals surface area contributed by atoms with Crippen molar-refractivity contribution in [3.63, 3.8) is 0 Å². The van der Waals surface area contributed by atoms with Crippen LogP contribution in [0, 0.1) is 0 Å². The zero-order chi connectivity index (χ0) is 15.2. The number of carbonyl (C=O) groups is 1. The first kappa shape index (κ1) is 14.8. The summed E-state index contributed by atoms with van der Waals surface area (Å²) in [6.45, 7) is 0. The van der Waals surface area contributed by atoms with E-state index in [9.17, 15) is 4.79 Å². The molecule has 3 rings (SSSR count). The Morgan fingerprint density at radius 3 is 2.59 bits per heavy atom. The quantitative estimate of drug-likeness (QED) is 0.675. The van der Waals surface area contributed by atoms with Gasteiger partial charge >= 0.3 is 0 Å². The van der Waals surface area contributed by atoms with Crippen molar-refractivity contribution in [1.82, 2.24) is 5.32 Å². The topological polar surface area (TPSA) is 29.1 Å². The molecule has 3 aromatic rings. The Hall–Kier alpha value is -2.17. The molecule has 2 nitrogen and oxygen atoms in total. The lowest BCUT2D eigenvalue weighted by Crippen LogP contribution is -2.27. The number of carbonyl (C=O) groups excluding carboxylic acids is 1. The summed E-state index contributed by atoms with van der Waals surface area (Å²) in [5, 5.41) is 9.12. The van der Waals surface area contributed by atoms with Gasteiger partial charge in [-0.25, -0.2) is 0 Å². The van der Waals surface area contributed by atoms with Crippen molar-refractivity contribution in [3.05, 3.63) is 86.8 Å². The molecule has 2 aromatic heterocycles. The number of hydrogen-bond donors (Lipinski definition) is 1. The second-order valence-electron chi connectivity index (χ2n) is 4.76. The van der Waals surface area contributed by atoms with E-state index in [0.717, 1.165) is 16.0 Å². The van der Waals surface area contributed by atoms with E-state index in [4.69, 9.17) is 0 Å². The van der Waals surface area contributed by atoms with Gasteiger partial charge < -0.3 is 5.32 Å². The predicted octanol–water partition coefficient (Wildman–Crippen LogP) is 4.73. The maximum absolute atomic E-state index is 12.2. The van der Waals surface area contributed by atoms with Crippen molar-refractivity contribution >= 4 is 34.7 Å². The molecule has 1 atom stereocenters. The molecule has 110 valence electrons. The average Bonchev–Trinajstić information content (AvgIpc) is 3.25. The first-order chi connectivity index (χ1) is 10.8. The van der Waals surface area contributed by atoms with Crippen LogP contribution in [0.25, 0.3) is 6.08 Å². The van der Waals surface area contributed by atoms with Crippen LogP contribution in [0.15, 0.2) is 70.7 Å². The summed E-state index contributed by atoms with van der Waals surface area (Å²) in [4.78, 5) is 13.4. The Kier molecular flexibility index (Phi) is 4.83. The molecule has 1 aromatic carbocycles. The molecule has 0 aliphatic heterocycles. The molecular formula is C18H15NOS2. The largest absolute Gasteiger partial charge is 0.341 e. The molecule has 0 radical (unpaired) electrons. The lowest BCUT2D eigenvalue weighted by Gasteiger charge is -2.17.